The smallest absolute Gasteiger partial charge is 0.386 e. The Morgan fingerprint density at radius 1 is 1.15 bits per heavy atom. The number of ether oxygens (including phenoxy) is 3. The van der Waals surface area contributed by atoms with Gasteiger partial charge in [-0.1, -0.05) is 6.92 Å². The highest BCUT2D eigenvalue weighted by molar-refractivity contribution is 5.48. The highest BCUT2D eigenvalue weighted by Gasteiger charge is 2.36. The molecule has 1 unspecified atom stereocenters. The second-order valence-corrected chi connectivity index (χ2v) is 4.46. The largest absolute Gasteiger partial charge is 0.496 e. The van der Waals surface area contributed by atoms with Crippen molar-refractivity contribution in [3.63, 3.8) is 0 Å². The van der Waals surface area contributed by atoms with Crippen LogP contribution in [0, 0.1) is 0 Å². The van der Waals surface area contributed by atoms with Crippen LogP contribution < -0.4 is 15.2 Å². The molecular formula is C14H21F2NO3. The van der Waals surface area contributed by atoms with Gasteiger partial charge in [-0.3, -0.25) is 0 Å². The number of rotatable bonds is 7. The molecule has 0 heterocycles. The molecule has 1 aromatic carbocycles. The van der Waals surface area contributed by atoms with Gasteiger partial charge >= 0.3 is 6.11 Å². The molecule has 6 heteroatoms. The van der Waals surface area contributed by atoms with Crippen LogP contribution in [0.3, 0.4) is 0 Å². The number of alkyl halides is 2. The van der Waals surface area contributed by atoms with Crippen LogP contribution in [0.4, 0.5) is 8.78 Å². The average molecular weight is 289 g/mol. The lowest BCUT2D eigenvalue weighted by molar-refractivity contribution is -0.232. The molecule has 0 saturated heterocycles. The monoisotopic (exact) mass is 289 g/mol. The average Bonchev–Trinajstić information content (AvgIpc) is 2.46. The quantitative estimate of drug-likeness (QED) is 0.838. The van der Waals surface area contributed by atoms with Crippen LogP contribution >= 0.6 is 0 Å². The van der Waals surface area contributed by atoms with Crippen LogP contribution in [0.5, 0.6) is 11.5 Å². The molecule has 0 saturated carbocycles. The van der Waals surface area contributed by atoms with Gasteiger partial charge in [-0.15, -0.1) is 0 Å². The van der Waals surface area contributed by atoms with Gasteiger partial charge in [0.15, 0.2) is 0 Å². The topological polar surface area (TPSA) is 53.7 Å². The summed E-state index contributed by atoms with van der Waals surface area (Å²) < 4.78 is 41.9. The van der Waals surface area contributed by atoms with E-state index in [1.165, 1.54) is 26.4 Å². The lowest BCUT2D eigenvalue weighted by atomic mass is 10.0. The minimum absolute atomic E-state index is 0.0518. The Hall–Kier alpha value is -1.40. The first-order valence-corrected chi connectivity index (χ1v) is 6.33. The molecule has 0 spiro atoms. The Kier molecular flexibility index (Phi) is 5.71. The van der Waals surface area contributed by atoms with Crippen molar-refractivity contribution in [3.05, 3.63) is 23.3 Å². The fourth-order valence-corrected chi connectivity index (χ4v) is 1.88. The SMILES string of the molecule is CCC(N)Cc1cc(OC)c(C(F)(F)OC)cc1OC. The first-order valence-electron chi connectivity index (χ1n) is 6.33. The normalized spacial score (nSPS) is 13.2. The van der Waals surface area contributed by atoms with Crippen molar-refractivity contribution in [1.29, 1.82) is 0 Å². The summed E-state index contributed by atoms with van der Waals surface area (Å²) in [4.78, 5) is 0. The number of hydrogen-bond acceptors (Lipinski definition) is 4. The van der Waals surface area contributed by atoms with E-state index in [9.17, 15) is 8.78 Å². The Balaban J connectivity index is 3.30. The first kappa shape index (κ1) is 16.7. The minimum Gasteiger partial charge on any atom is -0.496 e. The maximum atomic E-state index is 13.7. The third-order valence-corrected chi connectivity index (χ3v) is 3.18. The number of methoxy groups -OCH3 is 3. The Morgan fingerprint density at radius 2 is 1.75 bits per heavy atom. The molecule has 1 aromatic rings. The Bertz CT molecular complexity index is 452. The summed E-state index contributed by atoms with van der Waals surface area (Å²) in [6.07, 6.45) is -2.14. The van der Waals surface area contributed by atoms with Crippen LogP contribution in [0.1, 0.15) is 24.5 Å². The fourth-order valence-electron chi connectivity index (χ4n) is 1.88. The molecule has 0 aliphatic carbocycles. The third-order valence-electron chi connectivity index (χ3n) is 3.18. The number of halogens is 2. The second-order valence-electron chi connectivity index (χ2n) is 4.46. The zero-order valence-corrected chi connectivity index (χ0v) is 12.2. The molecule has 0 fully saturated rings. The molecule has 0 radical (unpaired) electrons. The number of benzene rings is 1. The zero-order chi connectivity index (χ0) is 15.3. The van der Waals surface area contributed by atoms with Gasteiger partial charge in [0.2, 0.25) is 0 Å². The first-order chi connectivity index (χ1) is 9.39. The number of nitrogens with two attached hydrogens (primary N) is 1. The maximum Gasteiger partial charge on any atom is 0.386 e. The summed E-state index contributed by atoms with van der Waals surface area (Å²) in [6, 6.07) is 2.69. The van der Waals surface area contributed by atoms with Gasteiger partial charge in [-0.05, 0) is 30.5 Å². The lowest BCUT2D eigenvalue weighted by Crippen LogP contribution is -2.22. The molecule has 0 aromatic heterocycles. The summed E-state index contributed by atoms with van der Waals surface area (Å²) in [7, 11) is 3.70. The summed E-state index contributed by atoms with van der Waals surface area (Å²) >= 11 is 0. The predicted molar refractivity (Wildman–Crippen MR) is 72.4 cm³/mol. The van der Waals surface area contributed by atoms with Crippen LogP contribution in [0.2, 0.25) is 0 Å². The summed E-state index contributed by atoms with van der Waals surface area (Å²) in [5.41, 5.74) is 6.26. The van der Waals surface area contributed by atoms with E-state index in [-0.39, 0.29) is 17.4 Å². The van der Waals surface area contributed by atoms with E-state index in [4.69, 9.17) is 15.2 Å². The van der Waals surface area contributed by atoms with E-state index in [0.29, 0.717) is 12.2 Å². The second kappa shape index (κ2) is 6.85. The molecule has 1 atom stereocenters. The van der Waals surface area contributed by atoms with E-state index in [2.05, 4.69) is 4.74 Å². The fraction of sp³-hybridized carbons (Fsp3) is 0.571. The zero-order valence-electron chi connectivity index (χ0n) is 12.2. The van der Waals surface area contributed by atoms with Gasteiger partial charge in [0.05, 0.1) is 19.8 Å². The summed E-state index contributed by atoms with van der Waals surface area (Å²) in [6.45, 7) is 1.96. The van der Waals surface area contributed by atoms with Gasteiger partial charge in [-0.25, -0.2) is 0 Å². The Morgan fingerprint density at radius 3 is 2.20 bits per heavy atom. The molecule has 0 aliphatic rings. The van der Waals surface area contributed by atoms with Gasteiger partial charge in [0.1, 0.15) is 11.5 Å². The minimum atomic E-state index is -3.44. The third kappa shape index (κ3) is 3.58. The van der Waals surface area contributed by atoms with Crippen molar-refractivity contribution in [3.8, 4) is 11.5 Å². The predicted octanol–water partition coefficient (Wildman–Crippen LogP) is 2.68. The van der Waals surface area contributed by atoms with Crippen LogP contribution in [0.15, 0.2) is 12.1 Å². The van der Waals surface area contributed by atoms with E-state index >= 15 is 0 Å². The molecule has 114 valence electrons. The van der Waals surface area contributed by atoms with Gasteiger partial charge in [0.25, 0.3) is 0 Å². The Labute approximate surface area is 117 Å². The van der Waals surface area contributed by atoms with E-state index in [1.54, 1.807) is 0 Å². The highest BCUT2D eigenvalue weighted by atomic mass is 19.3. The molecular weight excluding hydrogens is 268 g/mol. The van der Waals surface area contributed by atoms with Crippen molar-refractivity contribution in [2.24, 2.45) is 5.73 Å². The maximum absolute atomic E-state index is 13.7. The molecule has 4 nitrogen and oxygen atoms in total. The standard InChI is InChI=1S/C14H21F2NO3/c1-5-10(17)6-9-7-13(19-3)11(8-12(9)18-2)14(15,16)20-4/h7-8,10H,5-6,17H2,1-4H3. The summed E-state index contributed by atoms with van der Waals surface area (Å²) in [5, 5.41) is 0. The van der Waals surface area contributed by atoms with Gasteiger partial charge in [-0.2, -0.15) is 8.78 Å². The highest BCUT2D eigenvalue weighted by Crippen LogP contribution is 2.39. The lowest BCUT2D eigenvalue weighted by Gasteiger charge is -2.21. The van der Waals surface area contributed by atoms with Crippen LogP contribution in [-0.4, -0.2) is 27.4 Å². The van der Waals surface area contributed by atoms with Crippen molar-refractivity contribution in [1.82, 2.24) is 0 Å². The molecule has 1 rings (SSSR count). The van der Waals surface area contributed by atoms with Crippen molar-refractivity contribution in [2.45, 2.75) is 31.9 Å². The van der Waals surface area contributed by atoms with Crippen molar-refractivity contribution < 1.29 is 23.0 Å². The molecule has 20 heavy (non-hydrogen) atoms. The van der Waals surface area contributed by atoms with Gasteiger partial charge < -0.3 is 19.9 Å². The van der Waals surface area contributed by atoms with Crippen molar-refractivity contribution >= 4 is 0 Å². The molecule has 2 N–H and O–H groups in total. The van der Waals surface area contributed by atoms with Gasteiger partial charge in [0, 0.05) is 13.2 Å². The molecule has 0 amide bonds. The van der Waals surface area contributed by atoms with E-state index < -0.39 is 6.11 Å². The number of hydrogen-bond donors (Lipinski definition) is 1. The molecule has 0 aliphatic heterocycles. The summed E-state index contributed by atoms with van der Waals surface area (Å²) in [5.74, 6) is 0.400. The van der Waals surface area contributed by atoms with E-state index in [0.717, 1.165) is 19.1 Å². The molecule has 0 bridgehead atoms. The van der Waals surface area contributed by atoms with E-state index in [1.807, 2.05) is 6.92 Å². The van der Waals surface area contributed by atoms with Crippen LogP contribution in [0.25, 0.3) is 0 Å². The van der Waals surface area contributed by atoms with Crippen molar-refractivity contribution in [2.75, 3.05) is 21.3 Å². The van der Waals surface area contributed by atoms with Crippen LogP contribution in [-0.2, 0) is 17.3 Å².